The number of halogens is 1. The minimum absolute atomic E-state index is 0.0355. The summed E-state index contributed by atoms with van der Waals surface area (Å²) >= 11 is 0. The molecule has 0 aliphatic heterocycles. The van der Waals surface area contributed by atoms with Gasteiger partial charge in [-0.1, -0.05) is 0 Å². The van der Waals surface area contributed by atoms with Crippen LogP contribution in [0.15, 0.2) is 18.2 Å². The lowest BCUT2D eigenvalue weighted by atomic mass is 10.1. The summed E-state index contributed by atoms with van der Waals surface area (Å²) in [4.78, 5) is 10.5. The van der Waals surface area contributed by atoms with E-state index in [1.165, 1.54) is 18.2 Å². The number of alkyl halides is 1. The summed E-state index contributed by atoms with van der Waals surface area (Å²) in [6.45, 7) is -0.813. The molecule has 3 nitrogen and oxygen atoms in total. The van der Waals surface area contributed by atoms with E-state index in [2.05, 4.69) is 0 Å². The van der Waals surface area contributed by atoms with Crippen molar-refractivity contribution in [2.75, 3.05) is 5.73 Å². The first-order chi connectivity index (χ1) is 5.65. The zero-order valence-electron chi connectivity index (χ0n) is 6.25. The van der Waals surface area contributed by atoms with Crippen molar-refractivity contribution in [3.05, 3.63) is 29.3 Å². The van der Waals surface area contributed by atoms with Crippen LogP contribution in [0.2, 0.25) is 0 Å². The molecular weight excluding hydrogens is 161 g/mol. The highest BCUT2D eigenvalue weighted by Gasteiger charge is 2.08. The molecule has 0 saturated heterocycles. The normalized spacial score (nSPS) is 9.75. The highest BCUT2D eigenvalue weighted by molar-refractivity contribution is 5.89. The van der Waals surface area contributed by atoms with Crippen molar-refractivity contribution in [2.45, 2.75) is 6.67 Å². The maximum atomic E-state index is 12.2. The van der Waals surface area contributed by atoms with E-state index in [1.807, 2.05) is 0 Å². The van der Waals surface area contributed by atoms with Gasteiger partial charge in [0.2, 0.25) is 0 Å². The molecule has 0 amide bonds. The second kappa shape index (κ2) is 3.21. The van der Waals surface area contributed by atoms with E-state index in [0.29, 0.717) is 5.69 Å². The molecular formula is C8H8FNO2. The Hall–Kier alpha value is -1.58. The molecule has 3 N–H and O–H groups in total. The van der Waals surface area contributed by atoms with Crippen LogP contribution < -0.4 is 5.73 Å². The molecule has 0 radical (unpaired) electrons. The second-order valence-corrected chi connectivity index (χ2v) is 2.36. The number of hydrogen-bond donors (Lipinski definition) is 2. The predicted octanol–water partition coefficient (Wildman–Crippen LogP) is 1.44. The van der Waals surface area contributed by atoms with Crippen LogP contribution in [0.5, 0.6) is 0 Å². The molecule has 1 aromatic rings. The van der Waals surface area contributed by atoms with Crippen LogP contribution in [0.1, 0.15) is 15.9 Å². The molecule has 0 spiro atoms. The molecule has 0 unspecified atom stereocenters. The molecule has 0 atom stereocenters. The minimum Gasteiger partial charge on any atom is -0.478 e. The van der Waals surface area contributed by atoms with Crippen molar-refractivity contribution in [2.24, 2.45) is 0 Å². The average Bonchev–Trinajstić information content (AvgIpc) is 2.03. The number of rotatable bonds is 2. The fourth-order valence-corrected chi connectivity index (χ4v) is 0.933. The van der Waals surface area contributed by atoms with Crippen LogP contribution in [0.25, 0.3) is 0 Å². The number of hydrogen-bond acceptors (Lipinski definition) is 2. The topological polar surface area (TPSA) is 63.3 Å². The fourth-order valence-electron chi connectivity index (χ4n) is 0.933. The maximum absolute atomic E-state index is 12.2. The van der Waals surface area contributed by atoms with Crippen molar-refractivity contribution >= 4 is 11.7 Å². The fraction of sp³-hybridized carbons (Fsp3) is 0.125. The van der Waals surface area contributed by atoms with E-state index in [1.54, 1.807) is 0 Å². The minimum atomic E-state index is -1.14. The van der Waals surface area contributed by atoms with E-state index in [-0.39, 0.29) is 11.1 Å². The second-order valence-electron chi connectivity index (χ2n) is 2.36. The van der Waals surface area contributed by atoms with Crippen molar-refractivity contribution in [1.82, 2.24) is 0 Å². The summed E-state index contributed by atoms with van der Waals surface area (Å²) in [5, 5.41) is 8.58. The summed E-state index contributed by atoms with van der Waals surface area (Å²) in [5.74, 6) is -1.14. The van der Waals surface area contributed by atoms with Crippen molar-refractivity contribution < 1.29 is 14.3 Å². The van der Waals surface area contributed by atoms with Gasteiger partial charge >= 0.3 is 5.97 Å². The lowest BCUT2D eigenvalue weighted by molar-refractivity contribution is 0.0695. The van der Waals surface area contributed by atoms with Crippen LogP contribution in [0.3, 0.4) is 0 Å². The third kappa shape index (κ3) is 1.53. The van der Waals surface area contributed by atoms with Crippen LogP contribution in [-0.2, 0) is 6.67 Å². The quantitative estimate of drug-likeness (QED) is 0.658. The van der Waals surface area contributed by atoms with E-state index >= 15 is 0 Å². The highest BCUT2D eigenvalue weighted by atomic mass is 19.1. The molecule has 12 heavy (non-hydrogen) atoms. The van der Waals surface area contributed by atoms with Gasteiger partial charge in [0.05, 0.1) is 5.56 Å². The first-order valence-electron chi connectivity index (χ1n) is 3.33. The number of carbonyl (C=O) groups is 1. The summed E-state index contributed by atoms with van der Waals surface area (Å²) in [7, 11) is 0. The van der Waals surface area contributed by atoms with Crippen LogP contribution in [0, 0.1) is 0 Å². The van der Waals surface area contributed by atoms with Crippen molar-refractivity contribution in [3.63, 3.8) is 0 Å². The predicted molar refractivity (Wildman–Crippen MR) is 42.6 cm³/mol. The number of carboxylic acids is 1. The van der Waals surface area contributed by atoms with Crippen molar-refractivity contribution in [3.8, 4) is 0 Å². The van der Waals surface area contributed by atoms with E-state index in [0.717, 1.165) is 0 Å². The number of nitrogen functional groups attached to an aromatic ring is 1. The average molecular weight is 169 g/mol. The molecule has 0 aliphatic carbocycles. The van der Waals surface area contributed by atoms with E-state index in [9.17, 15) is 9.18 Å². The summed E-state index contributed by atoms with van der Waals surface area (Å²) in [6.07, 6.45) is 0. The molecule has 0 saturated carbocycles. The van der Waals surface area contributed by atoms with Gasteiger partial charge in [0.15, 0.2) is 0 Å². The van der Waals surface area contributed by atoms with E-state index in [4.69, 9.17) is 10.8 Å². The molecule has 1 aromatic carbocycles. The Labute approximate surface area is 68.6 Å². The number of carboxylic acid groups (broad SMARTS) is 1. The smallest absolute Gasteiger partial charge is 0.336 e. The van der Waals surface area contributed by atoms with Crippen LogP contribution in [-0.4, -0.2) is 11.1 Å². The standard InChI is InChI=1S/C8H8FNO2/c9-4-5-3-6(10)1-2-7(5)8(11)12/h1-3H,4,10H2,(H,11,12). The van der Waals surface area contributed by atoms with Gasteiger partial charge in [0.1, 0.15) is 6.67 Å². The van der Waals surface area contributed by atoms with E-state index < -0.39 is 12.6 Å². The Morgan fingerprint density at radius 1 is 1.58 bits per heavy atom. The zero-order chi connectivity index (χ0) is 9.14. The largest absolute Gasteiger partial charge is 0.478 e. The lowest BCUT2D eigenvalue weighted by Gasteiger charge is -2.01. The Morgan fingerprint density at radius 2 is 2.25 bits per heavy atom. The summed E-state index contributed by atoms with van der Waals surface area (Å²) < 4.78 is 12.2. The Bertz CT molecular complexity index is 312. The number of benzene rings is 1. The molecule has 4 heteroatoms. The molecule has 1 rings (SSSR count). The SMILES string of the molecule is Nc1ccc(C(=O)O)c(CF)c1. The molecule has 0 aromatic heterocycles. The zero-order valence-corrected chi connectivity index (χ0v) is 6.25. The van der Waals surface area contributed by atoms with Gasteiger partial charge in [-0.3, -0.25) is 0 Å². The van der Waals surface area contributed by atoms with Crippen molar-refractivity contribution in [1.29, 1.82) is 0 Å². The van der Waals surface area contributed by atoms with Crippen LogP contribution >= 0.6 is 0 Å². The third-order valence-corrected chi connectivity index (χ3v) is 1.50. The van der Waals surface area contributed by atoms with Crippen LogP contribution in [0.4, 0.5) is 10.1 Å². The summed E-state index contributed by atoms with van der Waals surface area (Å²) in [6, 6.07) is 4.05. The number of aromatic carboxylic acids is 1. The highest BCUT2D eigenvalue weighted by Crippen LogP contribution is 2.14. The molecule has 0 fully saturated rings. The number of anilines is 1. The number of nitrogens with two attached hydrogens (primary N) is 1. The molecule has 0 aliphatic rings. The first-order valence-corrected chi connectivity index (χ1v) is 3.33. The van der Waals surface area contributed by atoms with Gasteiger partial charge in [-0.05, 0) is 23.8 Å². The van der Waals surface area contributed by atoms with Gasteiger partial charge in [0.25, 0.3) is 0 Å². The van der Waals surface area contributed by atoms with Gasteiger partial charge < -0.3 is 10.8 Å². The Balaban J connectivity index is 3.20. The molecule has 0 bridgehead atoms. The third-order valence-electron chi connectivity index (χ3n) is 1.50. The first kappa shape index (κ1) is 8.52. The molecule has 0 heterocycles. The maximum Gasteiger partial charge on any atom is 0.336 e. The van der Waals surface area contributed by atoms with Gasteiger partial charge in [0, 0.05) is 5.69 Å². The van der Waals surface area contributed by atoms with Gasteiger partial charge in [-0.2, -0.15) is 0 Å². The summed E-state index contributed by atoms with van der Waals surface area (Å²) in [5.41, 5.74) is 5.79. The monoisotopic (exact) mass is 169 g/mol. The lowest BCUT2D eigenvalue weighted by Crippen LogP contribution is -2.02. The Kier molecular flexibility index (Phi) is 2.28. The van der Waals surface area contributed by atoms with Gasteiger partial charge in [-0.15, -0.1) is 0 Å². The Morgan fingerprint density at radius 3 is 2.75 bits per heavy atom. The van der Waals surface area contributed by atoms with Gasteiger partial charge in [-0.25, -0.2) is 9.18 Å². The molecule has 64 valence electrons.